The molecular weight excluding hydrogens is 560 g/mol. The van der Waals surface area contributed by atoms with E-state index in [0.717, 1.165) is 68.9 Å². The van der Waals surface area contributed by atoms with E-state index in [2.05, 4.69) is 35.6 Å². The molecule has 0 heterocycles. The fourth-order valence-corrected chi connectivity index (χ4v) is 4.87. The third-order valence-electron chi connectivity index (χ3n) is 7.85. The van der Waals surface area contributed by atoms with Gasteiger partial charge in [0.05, 0.1) is 11.1 Å². The lowest BCUT2D eigenvalue weighted by atomic mass is 9.96. The van der Waals surface area contributed by atoms with Gasteiger partial charge in [-0.15, -0.1) is 0 Å². The summed E-state index contributed by atoms with van der Waals surface area (Å²) in [5.74, 6) is -2.63. The smallest absolute Gasteiger partial charge is 0.273 e. The number of hydrazine groups is 2. The molecule has 0 aliphatic heterocycles. The molecule has 2 rings (SSSR count). The van der Waals surface area contributed by atoms with Gasteiger partial charge in [0.15, 0.2) is 0 Å². The molecule has 2 unspecified atom stereocenters. The number of phenols is 2. The zero-order chi connectivity index (χ0) is 32.5. The van der Waals surface area contributed by atoms with Crippen molar-refractivity contribution in [3.8, 4) is 11.5 Å². The van der Waals surface area contributed by atoms with Crippen molar-refractivity contribution in [2.75, 3.05) is 0 Å². The Morgan fingerprint density at radius 2 is 1.11 bits per heavy atom. The van der Waals surface area contributed by atoms with Crippen LogP contribution >= 0.6 is 0 Å². The number of amides is 4. The molecule has 44 heavy (non-hydrogen) atoms. The second kappa shape index (κ2) is 19.2. The van der Waals surface area contributed by atoms with Crippen LogP contribution in [0.4, 0.5) is 0 Å². The van der Waals surface area contributed by atoms with Crippen LogP contribution in [0, 0.1) is 11.8 Å². The Balaban J connectivity index is 1.71. The quantitative estimate of drug-likeness (QED) is 0.101. The van der Waals surface area contributed by atoms with Crippen LogP contribution in [0.25, 0.3) is 0 Å². The van der Waals surface area contributed by atoms with E-state index < -0.39 is 11.8 Å². The number of unbranched alkanes of at least 4 members (excludes halogenated alkanes) is 4. The SMILES string of the molecule is CCCCc1ccc(O)c(C(=O)NNC(=O)C(C)CCCCCC(CC)C(=O)NNC(=O)c2cc(CCCC)ccc2O)c1. The zero-order valence-corrected chi connectivity index (χ0v) is 26.6. The van der Waals surface area contributed by atoms with Crippen molar-refractivity contribution in [2.45, 2.75) is 105 Å². The third-order valence-corrected chi connectivity index (χ3v) is 7.85. The Labute approximate surface area is 261 Å². The monoisotopic (exact) mass is 610 g/mol. The molecular formula is C34H50N4O6. The van der Waals surface area contributed by atoms with E-state index >= 15 is 0 Å². The van der Waals surface area contributed by atoms with Crippen LogP contribution in [-0.4, -0.2) is 33.8 Å². The van der Waals surface area contributed by atoms with Crippen molar-refractivity contribution < 1.29 is 29.4 Å². The molecule has 242 valence electrons. The number of nitrogens with one attached hydrogen (secondary N) is 4. The highest BCUT2D eigenvalue weighted by molar-refractivity contribution is 5.98. The topological polar surface area (TPSA) is 157 Å². The standard InChI is InChI=1S/C34H50N4O6/c1-5-8-14-24-17-19-29(39)27(21-24)33(43)37-35-31(41)23(4)13-11-10-12-16-26(7-3)32(42)36-38-34(44)28-22-25(15-9-6-2)18-20-30(28)40/h17-23,26,39-40H,5-16H2,1-4H3,(H,35,41)(H,36,42)(H,37,43)(H,38,44). The number of hydrogen-bond acceptors (Lipinski definition) is 6. The second-order valence-electron chi connectivity index (χ2n) is 11.4. The lowest BCUT2D eigenvalue weighted by Crippen LogP contribution is -2.44. The van der Waals surface area contributed by atoms with Gasteiger partial charge in [-0.05, 0) is 80.3 Å². The van der Waals surface area contributed by atoms with Gasteiger partial charge < -0.3 is 10.2 Å². The number of carbonyl (C=O) groups is 4. The number of carbonyl (C=O) groups excluding carboxylic acids is 4. The molecule has 10 nitrogen and oxygen atoms in total. The second-order valence-corrected chi connectivity index (χ2v) is 11.4. The van der Waals surface area contributed by atoms with Gasteiger partial charge in [0.1, 0.15) is 11.5 Å². The first-order chi connectivity index (χ1) is 21.1. The summed E-state index contributed by atoms with van der Waals surface area (Å²) in [5, 5.41) is 20.2. The summed E-state index contributed by atoms with van der Waals surface area (Å²) in [7, 11) is 0. The highest BCUT2D eigenvalue weighted by Crippen LogP contribution is 2.21. The van der Waals surface area contributed by atoms with Gasteiger partial charge in [-0.25, -0.2) is 0 Å². The van der Waals surface area contributed by atoms with Crippen molar-refractivity contribution in [2.24, 2.45) is 11.8 Å². The van der Waals surface area contributed by atoms with Crippen molar-refractivity contribution in [1.82, 2.24) is 21.7 Å². The normalized spacial score (nSPS) is 12.2. The van der Waals surface area contributed by atoms with E-state index in [1.807, 2.05) is 6.92 Å². The minimum Gasteiger partial charge on any atom is -0.507 e. The minimum absolute atomic E-state index is 0.121. The molecule has 0 saturated carbocycles. The van der Waals surface area contributed by atoms with Crippen LogP contribution < -0.4 is 21.7 Å². The number of benzene rings is 2. The maximum absolute atomic E-state index is 12.7. The van der Waals surface area contributed by atoms with E-state index in [4.69, 9.17) is 0 Å². The van der Waals surface area contributed by atoms with Crippen LogP contribution in [0.5, 0.6) is 11.5 Å². The van der Waals surface area contributed by atoms with Crippen molar-refractivity contribution in [3.05, 3.63) is 58.7 Å². The average Bonchev–Trinajstić information content (AvgIpc) is 3.02. The van der Waals surface area contributed by atoms with E-state index in [0.29, 0.717) is 19.3 Å². The zero-order valence-electron chi connectivity index (χ0n) is 26.6. The van der Waals surface area contributed by atoms with E-state index in [9.17, 15) is 29.4 Å². The molecule has 4 amide bonds. The fourth-order valence-electron chi connectivity index (χ4n) is 4.87. The molecule has 6 N–H and O–H groups in total. The van der Waals surface area contributed by atoms with Crippen LogP contribution in [0.3, 0.4) is 0 Å². The molecule has 0 radical (unpaired) electrons. The number of rotatable bonds is 17. The molecule has 2 aromatic rings. The van der Waals surface area contributed by atoms with Crippen LogP contribution in [0.1, 0.15) is 124 Å². The fraction of sp³-hybridized carbons (Fsp3) is 0.529. The molecule has 2 atom stereocenters. The number of aromatic hydroxyl groups is 2. The van der Waals surface area contributed by atoms with Crippen LogP contribution in [0.2, 0.25) is 0 Å². The summed E-state index contributed by atoms with van der Waals surface area (Å²) in [6, 6.07) is 9.87. The molecule has 0 bridgehead atoms. The molecule has 0 spiro atoms. The van der Waals surface area contributed by atoms with Gasteiger partial charge >= 0.3 is 0 Å². The van der Waals surface area contributed by atoms with E-state index in [1.54, 1.807) is 31.2 Å². The summed E-state index contributed by atoms with van der Waals surface area (Å²) >= 11 is 0. The first-order valence-electron chi connectivity index (χ1n) is 15.9. The van der Waals surface area contributed by atoms with Crippen LogP contribution in [0.15, 0.2) is 36.4 Å². The summed E-state index contributed by atoms with van der Waals surface area (Å²) in [6.45, 7) is 7.86. The Hall–Kier alpha value is -4.08. The Bertz CT molecular complexity index is 1250. The van der Waals surface area contributed by atoms with Gasteiger partial charge in [-0.1, -0.05) is 71.9 Å². The summed E-state index contributed by atoms with van der Waals surface area (Å²) in [6.07, 6.45) is 9.82. The predicted molar refractivity (Wildman–Crippen MR) is 171 cm³/mol. The molecule has 0 aliphatic rings. The average molecular weight is 611 g/mol. The van der Waals surface area contributed by atoms with Gasteiger partial charge in [-0.2, -0.15) is 0 Å². The van der Waals surface area contributed by atoms with Gasteiger partial charge in [0, 0.05) is 11.8 Å². The lowest BCUT2D eigenvalue weighted by molar-refractivity contribution is -0.126. The molecule has 0 aliphatic carbocycles. The van der Waals surface area contributed by atoms with Gasteiger partial charge in [0.2, 0.25) is 11.8 Å². The number of phenolic OH excluding ortho intramolecular Hbond substituents is 2. The third kappa shape index (κ3) is 11.9. The molecule has 0 fully saturated rings. The maximum atomic E-state index is 12.7. The Kier molecular flexibility index (Phi) is 15.8. The van der Waals surface area contributed by atoms with Crippen molar-refractivity contribution in [3.63, 3.8) is 0 Å². The lowest BCUT2D eigenvalue weighted by Gasteiger charge is -2.16. The van der Waals surface area contributed by atoms with Crippen LogP contribution in [-0.2, 0) is 22.4 Å². The number of hydrogen-bond donors (Lipinski definition) is 6. The first-order valence-corrected chi connectivity index (χ1v) is 15.9. The minimum atomic E-state index is -0.571. The maximum Gasteiger partial charge on any atom is 0.273 e. The predicted octanol–water partition coefficient (Wildman–Crippen LogP) is 5.62. The summed E-state index contributed by atoms with van der Waals surface area (Å²) < 4.78 is 0. The van der Waals surface area contributed by atoms with Crippen molar-refractivity contribution >= 4 is 23.6 Å². The highest BCUT2D eigenvalue weighted by Gasteiger charge is 2.20. The highest BCUT2D eigenvalue weighted by atomic mass is 16.3. The van der Waals surface area contributed by atoms with E-state index in [-0.39, 0.29) is 46.3 Å². The molecule has 2 aromatic carbocycles. The Morgan fingerprint density at radius 1 is 0.636 bits per heavy atom. The summed E-state index contributed by atoms with van der Waals surface area (Å²) in [4.78, 5) is 50.3. The molecule has 0 aromatic heterocycles. The number of aryl methyl sites for hydroxylation is 2. The summed E-state index contributed by atoms with van der Waals surface area (Å²) in [5.41, 5.74) is 11.9. The Morgan fingerprint density at radius 3 is 1.59 bits per heavy atom. The first kappa shape index (κ1) is 36.1. The van der Waals surface area contributed by atoms with E-state index in [1.165, 1.54) is 12.1 Å². The van der Waals surface area contributed by atoms with Crippen molar-refractivity contribution in [1.29, 1.82) is 0 Å². The van der Waals surface area contributed by atoms with Gasteiger partial charge in [-0.3, -0.25) is 40.9 Å². The molecule has 0 saturated heterocycles. The molecule has 10 heteroatoms. The van der Waals surface area contributed by atoms with Gasteiger partial charge in [0.25, 0.3) is 11.8 Å². The largest absolute Gasteiger partial charge is 0.507 e.